The van der Waals surface area contributed by atoms with Crippen LogP contribution in [0.4, 0.5) is 5.69 Å². The maximum atomic E-state index is 12.5. The van der Waals surface area contributed by atoms with Gasteiger partial charge in [-0.1, -0.05) is 12.1 Å². The van der Waals surface area contributed by atoms with Crippen LogP contribution in [0.15, 0.2) is 76.2 Å². The lowest BCUT2D eigenvalue weighted by atomic mass is 10.2. The van der Waals surface area contributed by atoms with Crippen molar-refractivity contribution in [3.05, 3.63) is 78.3 Å². The molecule has 0 atom stereocenters. The SMILES string of the molecule is COc1ccc(N(C)C(=O)/C=C/c2ccc(S(=O)(=O)NCc3ccco3)cc2)cc1OC. The van der Waals surface area contributed by atoms with Crippen molar-refractivity contribution in [2.24, 2.45) is 0 Å². The van der Waals surface area contributed by atoms with Gasteiger partial charge in [-0.05, 0) is 48.0 Å². The summed E-state index contributed by atoms with van der Waals surface area (Å²) in [5, 5.41) is 0. The second kappa shape index (κ2) is 10.2. The molecule has 0 saturated carbocycles. The first-order chi connectivity index (χ1) is 15.3. The summed E-state index contributed by atoms with van der Waals surface area (Å²) in [6.45, 7) is 0.0635. The monoisotopic (exact) mass is 456 g/mol. The number of nitrogens with zero attached hydrogens (tertiary/aromatic N) is 1. The first-order valence-corrected chi connectivity index (χ1v) is 11.1. The van der Waals surface area contributed by atoms with Crippen LogP contribution in [0, 0.1) is 0 Å². The molecular formula is C23H24N2O6S. The molecule has 1 aromatic heterocycles. The molecule has 0 aliphatic heterocycles. The minimum atomic E-state index is -3.68. The number of furan rings is 1. The molecule has 0 fully saturated rings. The lowest BCUT2D eigenvalue weighted by Gasteiger charge is -2.17. The average molecular weight is 457 g/mol. The molecule has 3 aromatic rings. The Morgan fingerprint density at radius 2 is 1.78 bits per heavy atom. The third-order valence-electron chi connectivity index (χ3n) is 4.71. The van der Waals surface area contributed by atoms with Gasteiger partial charge in [-0.15, -0.1) is 0 Å². The summed E-state index contributed by atoms with van der Waals surface area (Å²) in [5.74, 6) is 1.35. The molecule has 9 heteroatoms. The number of ether oxygens (including phenoxy) is 2. The van der Waals surface area contributed by atoms with Gasteiger partial charge in [0.05, 0.1) is 31.9 Å². The Morgan fingerprint density at radius 3 is 2.41 bits per heavy atom. The van der Waals surface area contributed by atoms with Gasteiger partial charge in [0.1, 0.15) is 5.76 Å². The summed E-state index contributed by atoms with van der Waals surface area (Å²) >= 11 is 0. The zero-order valence-corrected chi connectivity index (χ0v) is 18.8. The highest BCUT2D eigenvalue weighted by Crippen LogP contribution is 2.31. The Hall–Kier alpha value is -3.56. The van der Waals surface area contributed by atoms with Crippen molar-refractivity contribution < 1.29 is 27.1 Å². The fourth-order valence-electron chi connectivity index (χ4n) is 2.86. The van der Waals surface area contributed by atoms with E-state index in [2.05, 4.69) is 4.72 Å². The van der Waals surface area contributed by atoms with E-state index in [1.54, 1.807) is 62.7 Å². The quantitative estimate of drug-likeness (QED) is 0.495. The van der Waals surface area contributed by atoms with Crippen molar-refractivity contribution >= 4 is 27.7 Å². The van der Waals surface area contributed by atoms with Crippen molar-refractivity contribution in [2.45, 2.75) is 11.4 Å². The third-order valence-corrected chi connectivity index (χ3v) is 6.13. The van der Waals surface area contributed by atoms with Crippen molar-refractivity contribution in [3.8, 4) is 11.5 Å². The Labute approximate surface area is 187 Å². The minimum Gasteiger partial charge on any atom is -0.493 e. The molecule has 0 unspecified atom stereocenters. The van der Waals surface area contributed by atoms with E-state index in [-0.39, 0.29) is 17.3 Å². The van der Waals surface area contributed by atoms with Gasteiger partial charge in [0.25, 0.3) is 5.91 Å². The Morgan fingerprint density at radius 1 is 1.06 bits per heavy atom. The lowest BCUT2D eigenvalue weighted by Crippen LogP contribution is -2.24. The fourth-order valence-corrected chi connectivity index (χ4v) is 3.85. The fraction of sp³-hybridized carbons (Fsp3) is 0.174. The molecule has 1 amide bonds. The van der Waals surface area contributed by atoms with Gasteiger partial charge < -0.3 is 18.8 Å². The van der Waals surface area contributed by atoms with E-state index in [1.807, 2.05) is 0 Å². The van der Waals surface area contributed by atoms with E-state index < -0.39 is 10.0 Å². The second-order valence-electron chi connectivity index (χ2n) is 6.74. The maximum Gasteiger partial charge on any atom is 0.250 e. The smallest absolute Gasteiger partial charge is 0.250 e. The second-order valence-corrected chi connectivity index (χ2v) is 8.51. The molecule has 1 N–H and O–H groups in total. The molecule has 0 saturated heterocycles. The van der Waals surface area contributed by atoms with E-state index in [1.165, 1.54) is 36.5 Å². The average Bonchev–Trinajstić information content (AvgIpc) is 3.34. The number of carbonyl (C=O) groups is 1. The topological polar surface area (TPSA) is 98.1 Å². The molecule has 168 valence electrons. The number of anilines is 1. The van der Waals surface area contributed by atoms with Crippen molar-refractivity contribution in [3.63, 3.8) is 0 Å². The van der Waals surface area contributed by atoms with E-state index >= 15 is 0 Å². The predicted octanol–water partition coefficient (Wildman–Crippen LogP) is 3.45. The summed E-state index contributed by atoms with van der Waals surface area (Å²) < 4.78 is 42.9. The number of benzene rings is 2. The largest absolute Gasteiger partial charge is 0.493 e. The van der Waals surface area contributed by atoms with E-state index in [4.69, 9.17) is 13.9 Å². The van der Waals surface area contributed by atoms with Gasteiger partial charge in [0, 0.05) is 24.9 Å². The van der Waals surface area contributed by atoms with Crippen LogP contribution < -0.4 is 19.1 Å². The number of methoxy groups -OCH3 is 2. The van der Waals surface area contributed by atoms with Gasteiger partial charge in [-0.2, -0.15) is 0 Å². The molecule has 32 heavy (non-hydrogen) atoms. The first-order valence-electron chi connectivity index (χ1n) is 9.64. The summed E-state index contributed by atoms with van der Waals surface area (Å²) in [6, 6.07) is 14.8. The van der Waals surface area contributed by atoms with Crippen LogP contribution in [-0.2, 0) is 21.4 Å². The molecule has 2 aromatic carbocycles. The standard InChI is InChI=1S/C23H24N2O6S/c1-25(18-9-12-21(29-2)22(15-18)30-3)23(26)13-8-17-6-10-20(11-7-17)32(27,28)24-16-19-5-4-14-31-19/h4-15,24H,16H2,1-3H3/b13-8+. The molecule has 1 heterocycles. The van der Waals surface area contributed by atoms with Gasteiger partial charge in [0.15, 0.2) is 11.5 Å². The number of nitrogens with one attached hydrogen (secondary N) is 1. The number of carbonyl (C=O) groups excluding carboxylic acids is 1. The van der Waals surface area contributed by atoms with Gasteiger partial charge in [0.2, 0.25) is 10.0 Å². The Bertz CT molecular complexity index is 1190. The van der Waals surface area contributed by atoms with Crippen LogP contribution in [0.1, 0.15) is 11.3 Å². The van der Waals surface area contributed by atoms with Crippen molar-refractivity contribution in [2.75, 3.05) is 26.2 Å². The van der Waals surface area contributed by atoms with Crippen LogP contribution in [0.2, 0.25) is 0 Å². The number of amides is 1. The van der Waals surface area contributed by atoms with Crippen molar-refractivity contribution in [1.82, 2.24) is 4.72 Å². The van der Waals surface area contributed by atoms with E-state index in [9.17, 15) is 13.2 Å². The maximum absolute atomic E-state index is 12.5. The zero-order chi connectivity index (χ0) is 23.1. The summed E-state index contributed by atoms with van der Waals surface area (Å²) in [7, 11) is 1.04. The van der Waals surface area contributed by atoms with Crippen LogP contribution in [0.25, 0.3) is 6.08 Å². The molecule has 0 aliphatic carbocycles. The number of hydrogen-bond acceptors (Lipinski definition) is 6. The van der Waals surface area contributed by atoms with Crippen LogP contribution in [0.5, 0.6) is 11.5 Å². The zero-order valence-electron chi connectivity index (χ0n) is 17.9. The molecule has 0 spiro atoms. The van der Waals surface area contributed by atoms with Gasteiger partial charge in [-0.3, -0.25) is 4.79 Å². The van der Waals surface area contributed by atoms with Crippen LogP contribution >= 0.6 is 0 Å². The molecule has 8 nitrogen and oxygen atoms in total. The minimum absolute atomic E-state index is 0.0635. The Balaban J connectivity index is 1.65. The number of hydrogen-bond donors (Lipinski definition) is 1. The summed E-state index contributed by atoms with van der Waals surface area (Å²) in [4.78, 5) is 14.1. The summed E-state index contributed by atoms with van der Waals surface area (Å²) in [5.41, 5.74) is 1.32. The molecule has 3 rings (SSSR count). The lowest BCUT2D eigenvalue weighted by molar-refractivity contribution is -0.113. The first kappa shape index (κ1) is 23.1. The highest BCUT2D eigenvalue weighted by atomic mass is 32.2. The summed E-state index contributed by atoms with van der Waals surface area (Å²) in [6.07, 6.45) is 4.51. The van der Waals surface area contributed by atoms with Crippen molar-refractivity contribution in [1.29, 1.82) is 0 Å². The molecule has 0 aliphatic rings. The highest BCUT2D eigenvalue weighted by molar-refractivity contribution is 7.89. The number of sulfonamides is 1. The van der Waals surface area contributed by atoms with E-state index in [0.717, 1.165) is 0 Å². The van der Waals surface area contributed by atoms with Gasteiger partial charge >= 0.3 is 0 Å². The normalized spacial score (nSPS) is 11.5. The molecule has 0 bridgehead atoms. The van der Waals surface area contributed by atoms with Crippen LogP contribution in [0.3, 0.4) is 0 Å². The number of rotatable bonds is 9. The highest BCUT2D eigenvalue weighted by Gasteiger charge is 2.14. The molecular weight excluding hydrogens is 432 g/mol. The number of likely N-dealkylation sites (N-methyl/N-ethyl adjacent to an activating group) is 1. The van der Waals surface area contributed by atoms with Gasteiger partial charge in [-0.25, -0.2) is 13.1 Å². The van der Waals surface area contributed by atoms with E-state index in [0.29, 0.717) is 28.5 Å². The van der Waals surface area contributed by atoms with Crippen LogP contribution in [-0.4, -0.2) is 35.6 Å². The Kier molecular flexibility index (Phi) is 7.34. The molecule has 0 radical (unpaired) electrons. The predicted molar refractivity (Wildman–Crippen MR) is 121 cm³/mol. The third kappa shape index (κ3) is 5.57.